The van der Waals surface area contributed by atoms with Gasteiger partial charge in [0.05, 0.1) is 16.6 Å². The van der Waals surface area contributed by atoms with Crippen molar-refractivity contribution in [2.75, 3.05) is 23.7 Å². The van der Waals surface area contributed by atoms with Crippen molar-refractivity contribution >= 4 is 27.1 Å². The summed E-state index contributed by atoms with van der Waals surface area (Å²) < 4.78 is 23.7. The van der Waals surface area contributed by atoms with Gasteiger partial charge in [-0.15, -0.1) is 0 Å². The Kier molecular flexibility index (Phi) is 9.25. The maximum Gasteiger partial charge on any atom is 0.152 e. The van der Waals surface area contributed by atoms with Gasteiger partial charge in [0.2, 0.25) is 0 Å². The highest BCUT2D eigenvalue weighted by Gasteiger charge is 2.34. The second kappa shape index (κ2) is 11.7. The minimum absolute atomic E-state index is 0.264. The van der Waals surface area contributed by atoms with Crippen molar-refractivity contribution < 1.29 is 13.5 Å². The number of piperidine rings is 1. The lowest BCUT2D eigenvalue weighted by molar-refractivity contribution is 0.0118. The molecule has 1 saturated heterocycles. The summed E-state index contributed by atoms with van der Waals surface area (Å²) in [5.41, 5.74) is 2.72. The van der Waals surface area contributed by atoms with E-state index < -0.39 is 15.4 Å². The standard InChI is InChI=1S/C27H38ClNO3S/c1-22(2)33(31,32)21-7-5-3-4-6-8-23-9-15-26(16-10-23)29-19-17-27(30,18-20-29)24-11-13-25(28)14-12-24/h9-16,22,30H,3-8,17-21H2,1-2H3. The first-order chi connectivity index (χ1) is 15.7. The third kappa shape index (κ3) is 7.46. The minimum atomic E-state index is -2.89. The zero-order valence-electron chi connectivity index (χ0n) is 20.0. The van der Waals surface area contributed by atoms with Crippen molar-refractivity contribution in [3.63, 3.8) is 0 Å². The minimum Gasteiger partial charge on any atom is -0.385 e. The Labute approximate surface area is 204 Å². The molecular formula is C27H38ClNO3S. The van der Waals surface area contributed by atoms with E-state index in [2.05, 4.69) is 29.2 Å². The lowest BCUT2D eigenvalue weighted by Gasteiger charge is -2.39. The molecule has 0 bridgehead atoms. The predicted octanol–water partition coefficient (Wildman–Crippen LogP) is 6.14. The number of halogens is 1. The highest BCUT2D eigenvalue weighted by atomic mass is 35.5. The fourth-order valence-electron chi connectivity index (χ4n) is 4.46. The molecule has 0 spiro atoms. The Morgan fingerprint density at radius 3 is 2.09 bits per heavy atom. The molecule has 2 aromatic rings. The monoisotopic (exact) mass is 491 g/mol. The van der Waals surface area contributed by atoms with Crippen molar-refractivity contribution in [1.82, 2.24) is 0 Å². The zero-order valence-corrected chi connectivity index (χ0v) is 21.5. The topological polar surface area (TPSA) is 57.6 Å². The van der Waals surface area contributed by atoms with Gasteiger partial charge in [0.15, 0.2) is 9.84 Å². The number of sulfone groups is 1. The molecule has 1 aliphatic heterocycles. The van der Waals surface area contributed by atoms with Gasteiger partial charge in [-0.2, -0.15) is 0 Å². The molecule has 0 aliphatic carbocycles. The van der Waals surface area contributed by atoms with E-state index in [1.54, 1.807) is 13.8 Å². The van der Waals surface area contributed by atoms with E-state index in [1.165, 1.54) is 11.3 Å². The zero-order chi connectivity index (χ0) is 23.9. The third-order valence-electron chi connectivity index (χ3n) is 6.89. The average molecular weight is 492 g/mol. The van der Waals surface area contributed by atoms with E-state index in [-0.39, 0.29) is 5.25 Å². The first-order valence-corrected chi connectivity index (χ1v) is 14.3. The molecule has 182 valence electrons. The highest BCUT2D eigenvalue weighted by Crippen LogP contribution is 2.35. The van der Waals surface area contributed by atoms with E-state index in [0.29, 0.717) is 23.6 Å². The number of aliphatic hydroxyl groups is 1. The maximum absolute atomic E-state index is 11.8. The lowest BCUT2D eigenvalue weighted by atomic mass is 9.84. The van der Waals surface area contributed by atoms with Crippen LogP contribution in [0, 0.1) is 0 Å². The molecule has 0 saturated carbocycles. The smallest absolute Gasteiger partial charge is 0.152 e. The summed E-state index contributed by atoms with van der Waals surface area (Å²) in [6.45, 7) is 5.16. The molecule has 1 heterocycles. The Balaban J connectivity index is 1.37. The second-order valence-corrected chi connectivity index (χ2v) is 12.7. The quantitative estimate of drug-likeness (QED) is 0.383. The van der Waals surface area contributed by atoms with E-state index >= 15 is 0 Å². The Bertz CT molecular complexity index is 963. The third-order valence-corrected chi connectivity index (χ3v) is 9.43. The molecule has 0 radical (unpaired) electrons. The molecule has 2 aromatic carbocycles. The van der Waals surface area contributed by atoms with Gasteiger partial charge in [-0.25, -0.2) is 8.42 Å². The molecule has 1 fully saturated rings. The summed E-state index contributed by atoms with van der Waals surface area (Å²) in [5, 5.41) is 11.5. The van der Waals surface area contributed by atoms with Gasteiger partial charge in [0.1, 0.15) is 0 Å². The average Bonchev–Trinajstić information content (AvgIpc) is 2.79. The summed E-state index contributed by atoms with van der Waals surface area (Å²) in [6, 6.07) is 16.4. The fraction of sp³-hybridized carbons (Fsp3) is 0.556. The highest BCUT2D eigenvalue weighted by molar-refractivity contribution is 7.91. The summed E-state index contributed by atoms with van der Waals surface area (Å²) in [6.07, 6.45) is 7.59. The van der Waals surface area contributed by atoms with Crippen LogP contribution in [0.5, 0.6) is 0 Å². The van der Waals surface area contributed by atoms with Crippen LogP contribution in [-0.4, -0.2) is 37.6 Å². The molecular weight excluding hydrogens is 454 g/mol. The fourth-order valence-corrected chi connectivity index (χ4v) is 5.66. The number of unbranched alkanes of at least 4 members (excludes halogenated alkanes) is 4. The van der Waals surface area contributed by atoms with E-state index in [0.717, 1.165) is 57.2 Å². The van der Waals surface area contributed by atoms with Crippen molar-refractivity contribution in [2.45, 2.75) is 76.1 Å². The van der Waals surface area contributed by atoms with Crippen LogP contribution in [0.1, 0.15) is 69.9 Å². The van der Waals surface area contributed by atoms with E-state index in [1.807, 2.05) is 24.3 Å². The van der Waals surface area contributed by atoms with Crippen LogP contribution in [0.15, 0.2) is 48.5 Å². The molecule has 0 aromatic heterocycles. The normalized spacial score (nSPS) is 16.3. The van der Waals surface area contributed by atoms with Crippen molar-refractivity contribution in [2.24, 2.45) is 0 Å². The maximum atomic E-state index is 11.8. The number of aryl methyl sites for hydroxylation is 1. The van der Waals surface area contributed by atoms with E-state index in [9.17, 15) is 13.5 Å². The molecule has 1 N–H and O–H groups in total. The number of benzene rings is 2. The van der Waals surface area contributed by atoms with Crippen LogP contribution >= 0.6 is 11.6 Å². The number of anilines is 1. The van der Waals surface area contributed by atoms with E-state index in [4.69, 9.17) is 11.6 Å². The molecule has 4 nitrogen and oxygen atoms in total. The van der Waals surface area contributed by atoms with Gasteiger partial charge in [0.25, 0.3) is 0 Å². The van der Waals surface area contributed by atoms with Gasteiger partial charge in [-0.05, 0) is 81.3 Å². The van der Waals surface area contributed by atoms with Crippen LogP contribution in [-0.2, 0) is 21.9 Å². The molecule has 6 heteroatoms. The first kappa shape index (κ1) is 26.1. The first-order valence-electron chi connectivity index (χ1n) is 12.2. The molecule has 0 unspecified atom stereocenters. The Hall–Kier alpha value is -1.56. The summed E-state index contributed by atoms with van der Waals surface area (Å²) in [5.74, 6) is 0.319. The van der Waals surface area contributed by atoms with Gasteiger partial charge in [-0.1, -0.05) is 55.1 Å². The van der Waals surface area contributed by atoms with Crippen LogP contribution in [0.4, 0.5) is 5.69 Å². The van der Waals surface area contributed by atoms with Crippen molar-refractivity contribution in [3.05, 3.63) is 64.7 Å². The van der Waals surface area contributed by atoms with Crippen LogP contribution in [0.3, 0.4) is 0 Å². The van der Waals surface area contributed by atoms with Crippen molar-refractivity contribution in [1.29, 1.82) is 0 Å². The summed E-state index contributed by atoms with van der Waals surface area (Å²) >= 11 is 5.99. The van der Waals surface area contributed by atoms with Gasteiger partial charge < -0.3 is 10.0 Å². The summed E-state index contributed by atoms with van der Waals surface area (Å²) in [4.78, 5) is 2.35. The SMILES string of the molecule is CC(C)S(=O)(=O)CCCCCCCc1ccc(N2CCC(O)(c3ccc(Cl)cc3)CC2)cc1. The number of hydrogen-bond acceptors (Lipinski definition) is 4. The van der Waals surface area contributed by atoms with Gasteiger partial charge in [0, 0.05) is 23.8 Å². The molecule has 1 aliphatic rings. The largest absolute Gasteiger partial charge is 0.385 e. The molecule has 0 atom stereocenters. The van der Waals surface area contributed by atoms with Crippen LogP contribution in [0.25, 0.3) is 0 Å². The number of nitrogens with zero attached hydrogens (tertiary/aromatic N) is 1. The van der Waals surface area contributed by atoms with Crippen molar-refractivity contribution in [3.8, 4) is 0 Å². The van der Waals surface area contributed by atoms with Crippen LogP contribution < -0.4 is 4.90 Å². The Morgan fingerprint density at radius 2 is 1.48 bits per heavy atom. The van der Waals surface area contributed by atoms with Gasteiger partial charge in [-0.3, -0.25) is 0 Å². The molecule has 0 amide bonds. The number of hydrogen-bond donors (Lipinski definition) is 1. The summed E-state index contributed by atoms with van der Waals surface area (Å²) in [7, 11) is -2.89. The van der Waals surface area contributed by atoms with Crippen LogP contribution in [0.2, 0.25) is 5.02 Å². The lowest BCUT2D eigenvalue weighted by Crippen LogP contribution is -2.42. The molecule has 3 rings (SSSR count). The Morgan fingerprint density at radius 1 is 0.909 bits per heavy atom. The number of rotatable bonds is 11. The predicted molar refractivity (Wildman–Crippen MR) is 139 cm³/mol. The van der Waals surface area contributed by atoms with Gasteiger partial charge >= 0.3 is 0 Å². The second-order valence-electron chi connectivity index (χ2n) is 9.63. The molecule has 33 heavy (non-hydrogen) atoms.